The van der Waals surface area contributed by atoms with E-state index in [1.54, 1.807) is 0 Å². The molecule has 0 unspecified atom stereocenters. The average molecular weight is 251 g/mol. The van der Waals surface area contributed by atoms with Crippen molar-refractivity contribution >= 4 is 22.9 Å². The van der Waals surface area contributed by atoms with E-state index < -0.39 is 0 Å². The van der Waals surface area contributed by atoms with Crippen LogP contribution in [0.2, 0.25) is 0 Å². The first kappa shape index (κ1) is 10.4. The molecule has 0 radical (unpaired) electrons. The smallest absolute Gasteiger partial charge is 0.0218 e. The average Bonchev–Trinajstić information content (AvgIpc) is 2.84. The highest BCUT2D eigenvalue weighted by Gasteiger charge is 2.24. The number of benzene rings is 2. The predicted octanol–water partition coefficient (Wildman–Crippen LogP) is 3.67. The molecule has 0 fully saturated rings. The topological polar surface area (TPSA) is 12.0 Å². The second kappa shape index (κ2) is 4.01. The summed E-state index contributed by atoms with van der Waals surface area (Å²) >= 11 is 1.89. The van der Waals surface area contributed by atoms with Crippen LogP contribution in [0.3, 0.4) is 0 Å². The number of hydrogen-bond acceptors (Lipinski definition) is 2. The van der Waals surface area contributed by atoms with Crippen molar-refractivity contribution in [3.8, 4) is 0 Å². The largest absolute Gasteiger partial charge is 0.309 e. The van der Waals surface area contributed by atoms with E-state index in [1.807, 2.05) is 11.8 Å². The van der Waals surface area contributed by atoms with E-state index in [4.69, 9.17) is 0 Å². The summed E-state index contributed by atoms with van der Waals surface area (Å²) in [6.07, 6.45) is 0. The Bertz CT molecular complexity index is 602. The van der Waals surface area contributed by atoms with Crippen LogP contribution in [0.25, 0.3) is 11.1 Å². The molecular weight excluding hydrogens is 238 g/mol. The van der Waals surface area contributed by atoms with Crippen molar-refractivity contribution in [2.45, 2.75) is 9.79 Å². The van der Waals surface area contributed by atoms with Crippen molar-refractivity contribution in [3.63, 3.8) is 0 Å². The van der Waals surface area contributed by atoms with Gasteiger partial charge in [0.2, 0.25) is 0 Å². The van der Waals surface area contributed by atoms with Crippen molar-refractivity contribution in [2.75, 3.05) is 13.1 Å². The summed E-state index contributed by atoms with van der Waals surface area (Å²) in [5.41, 5.74) is 5.75. The van der Waals surface area contributed by atoms with Gasteiger partial charge in [0.05, 0.1) is 0 Å². The first-order chi connectivity index (χ1) is 8.93. The van der Waals surface area contributed by atoms with Crippen LogP contribution in [0.15, 0.2) is 58.3 Å². The van der Waals surface area contributed by atoms with E-state index in [2.05, 4.69) is 53.8 Å². The van der Waals surface area contributed by atoms with Crippen LogP contribution >= 0.6 is 11.8 Å². The lowest BCUT2D eigenvalue weighted by Gasteiger charge is -2.08. The molecule has 0 saturated carbocycles. The standard InChI is InChI=1S/C16H13NS/c1-3-7-15-11(5-1)13-9-17-10-14(13)12-6-2-4-8-16(12)18-15/h1-8,17H,9-10H2. The van der Waals surface area contributed by atoms with Gasteiger partial charge in [-0.15, -0.1) is 0 Å². The molecule has 0 bridgehead atoms. The Hall–Kier alpha value is -1.51. The van der Waals surface area contributed by atoms with Gasteiger partial charge in [0.15, 0.2) is 0 Å². The van der Waals surface area contributed by atoms with Gasteiger partial charge in [-0.3, -0.25) is 0 Å². The molecule has 0 aliphatic carbocycles. The van der Waals surface area contributed by atoms with Crippen LogP contribution in [0, 0.1) is 0 Å². The molecule has 0 spiro atoms. The van der Waals surface area contributed by atoms with Gasteiger partial charge in [-0.25, -0.2) is 0 Å². The highest BCUT2D eigenvalue weighted by molar-refractivity contribution is 7.99. The lowest BCUT2D eigenvalue weighted by atomic mass is 9.97. The number of hydrogen-bond donors (Lipinski definition) is 1. The second-order valence-corrected chi connectivity index (χ2v) is 5.74. The molecule has 2 heteroatoms. The fraction of sp³-hybridized carbons (Fsp3) is 0.125. The zero-order chi connectivity index (χ0) is 11.9. The van der Waals surface area contributed by atoms with Crippen molar-refractivity contribution in [3.05, 3.63) is 59.7 Å². The SMILES string of the molecule is c1ccc2c(c1)Sc1ccccc1C1=C2CNC1. The quantitative estimate of drug-likeness (QED) is 0.767. The molecule has 2 aromatic carbocycles. The van der Waals surface area contributed by atoms with Crippen LogP contribution in [0.1, 0.15) is 11.1 Å². The molecule has 2 aliphatic rings. The van der Waals surface area contributed by atoms with Crippen molar-refractivity contribution < 1.29 is 0 Å². The first-order valence-electron chi connectivity index (χ1n) is 6.23. The third-order valence-electron chi connectivity index (χ3n) is 3.61. The van der Waals surface area contributed by atoms with Gasteiger partial charge in [0, 0.05) is 22.9 Å². The molecule has 0 saturated heterocycles. The third-order valence-corrected chi connectivity index (χ3v) is 4.76. The van der Waals surface area contributed by atoms with E-state index in [9.17, 15) is 0 Å². The summed E-state index contributed by atoms with van der Waals surface area (Å²) in [5.74, 6) is 0. The maximum absolute atomic E-state index is 3.49. The van der Waals surface area contributed by atoms with E-state index in [0.717, 1.165) is 13.1 Å². The molecule has 1 nitrogen and oxygen atoms in total. The van der Waals surface area contributed by atoms with E-state index in [-0.39, 0.29) is 0 Å². The summed E-state index contributed by atoms with van der Waals surface area (Å²) in [7, 11) is 0. The zero-order valence-corrected chi connectivity index (χ0v) is 10.8. The van der Waals surface area contributed by atoms with E-state index in [0.29, 0.717) is 0 Å². The minimum atomic E-state index is 0.987. The Kier molecular flexibility index (Phi) is 2.32. The molecule has 2 heterocycles. The van der Waals surface area contributed by atoms with Crippen LogP contribution in [0.4, 0.5) is 0 Å². The molecule has 0 amide bonds. The maximum atomic E-state index is 3.49. The Balaban J connectivity index is 2.05. The zero-order valence-electron chi connectivity index (χ0n) is 9.94. The van der Waals surface area contributed by atoms with Gasteiger partial charge in [-0.1, -0.05) is 48.2 Å². The normalized spacial score (nSPS) is 16.9. The van der Waals surface area contributed by atoms with Crippen LogP contribution in [0.5, 0.6) is 0 Å². The lowest BCUT2D eigenvalue weighted by molar-refractivity contribution is 0.900. The highest BCUT2D eigenvalue weighted by Crippen LogP contribution is 2.44. The third kappa shape index (κ3) is 1.46. The Morgan fingerprint density at radius 2 is 1.22 bits per heavy atom. The van der Waals surface area contributed by atoms with Crippen molar-refractivity contribution in [1.82, 2.24) is 5.32 Å². The summed E-state index contributed by atoms with van der Waals surface area (Å²) in [6, 6.07) is 17.5. The number of nitrogens with one attached hydrogen (secondary N) is 1. The van der Waals surface area contributed by atoms with Crippen molar-refractivity contribution in [2.24, 2.45) is 0 Å². The summed E-state index contributed by atoms with van der Waals surface area (Å²) < 4.78 is 0. The molecule has 0 atom stereocenters. The van der Waals surface area contributed by atoms with Gasteiger partial charge in [0.1, 0.15) is 0 Å². The Morgan fingerprint density at radius 3 is 1.78 bits per heavy atom. The Labute approximate surface area is 111 Å². The van der Waals surface area contributed by atoms with Crippen LogP contribution in [-0.2, 0) is 0 Å². The predicted molar refractivity (Wildman–Crippen MR) is 76.7 cm³/mol. The van der Waals surface area contributed by atoms with E-state index >= 15 is 0 Å². The molecule has 18 heavy (non-hydrogen) atoms. The first-order valence-corrected chi connectivity index (χ1v) is 7.04. The van der Waals surface area contributed by atoms with E-state index in [1.165, 1.54) is 32.1 Å². The molecule has 2 aromatic rings. The van der Waals surface area contributed by atoms with Gasteiger partial charge >= 0.3 is 0 Å². The fourth-order valence-electron chi connectivity index (χ4n) is 2.77. The minimum Gasteiger partial charge on any atom is -0.309 e. The van der Waals surface area contributed by atoms with Crippen LogP contribution < -0.4 is 5.32 Å². The highest BCUT2D eigenvalue weighted by atomic mass is 32.2. The second-order valence-electron chi connectivity index (χ2n) is 4.66. The van der Waals surface area contributed by atoms with Gasteiger partial charge in [-0.2, -0.15) is 0 Å². The summed E-state index contributed by atoms with van der Waals surface area (Å²) in [5, 5.41) is 3.49. The minimum absolute atomic E-state index is 0.987. The number of fused-ring (bicyclic) bond motifs is 4. The molecule has 88 valence electrons. The van der Waals surface area contributed by atoms with Gasteiger partial charge < -0.3 is 5.32 Å². The Morgan fingerprint density at radius 1 is 0.722 bits per heavy atom. The number of rotatable bonds is 0. The fourth-order valence-corrected chi connectivity index (χ4v) is 3.90. The van der Waals surface area contributed by atoms with Crippen molar-refractivity contribution in [1.29, 1.82) is 0 Å². The lowest BCUT2D eigenvalue weighted by Crippen LogP contribution is -2.09. The van der Waals surface area contributed by atoms with Crippen LogP contribution in [-0.4, -0.2) is 13.1 Å². The van der Waals surface area contributed by atoms with Gasteiger partial charge in [0.25, 0.3) is 0 Å². The summed E-state index contributed by atoms with van der Waals surface area (Å²) in [4.78, 5) is 2.75. The molecule has 4 rings (SSSR count). The molecule has 0 aromatic heterocycles. The summed E-state index contributed by atoms with van der Waals surface area (Å²) in [6.45, 7) is 1.97. The van der Waals surface area contributed by atoms with Gasteiger partial charge in [-0.05, 0) is 34.4 Å². The monoisotopic (exact) mass is 251 g/mol. The maximum Gasteiger partial charge on any atom is 0.0218 e. The molecule has 1 N–H and O–H groups in total. The molecular formula is C16H13NS. The molecule has 2 aliphatic heterocycles.